The van der Waals surface area contributed by atoms with Gasteiger partial charge in [0.05, 0.1) is 0 Å². The van der Waals surface area contributed by atoms with E-state index in [1.807, 2.05) is 0 Å². The molecule has 1 aromatic carbocycles. The summed E-state index contributed by atoms with van der Waals surface area (Å²) in [6, 6.07) is 12.2. The van der Waals surface area contributed by atoms with Gasteiger partial charge in [-0.2, -0.15) is 0 Å². The highest BCUT2D eigenvalue weighted by molar-refractivity contribution is 6.91. The fourth-order valence-electron chi connectivity index (χ4n) is 5.12. The Kier molecular flexibility index (Phi) is 4.50. The normalized spacial score (nSPS) is 32.8. The van der Waals surface area contributed by atoms with Gasteiger partial charge in [-0.05, 0) is 75.6 Å². The van der Waals surface area contributed by atoms with E-state index in [1.165, 1.54) is 23.2 Å². The lowest BCUT2D eigenvalue weighted by Gasteiger charge is -2.27. The maximum atomic E-state index is 6.56. The van der Waals surface area contributed by atoms with Crippen LogP contribution in [0.1, 0.15) is 22.2 Å². The third-order valence-electron chi connectivity index (χ3n) is 5.89. The van der Waals surface area contributed by atoms with E-state index in [9.17, 15) is 0 Å². The quantitative estimate of drug-likeness (QED) is 0.589. The Hall–Kier alpha value is 0.00753. The molecule has 2 fully saturated rings. The smallest absolute Gasteiger partial charge is 0.180 e. The predicted octanol–water partition coefficient (Wildman–Crippen LogP) is 5.81. The molecule has 6 heteroatoms. The average Bonchev–Trinajstić information content (AvgIpc) is 2.76. The third-order valence-corrected chi connectivity index (χ3v) is 22.6. The predicted molar refractivity (Wildman–Crippen MR) is 114 cm³/mol. The van der Waals surface area contributed by atoms with Gasteiger partial charge in [0.2, 0.25) is 0 Å². The summed E-state index contributed by atoms with van der Waals surface area (Å²) >= 11 is 0. The van der Waals surface area contributed by atoms with Crippen LogP contribution in [0.3, 0.4) is 0 Å². The molecule has 2 aliphatic rings. The maximum absolute atomic E-state index is 6.56. The lowest BCUT2D eigenvalue weighted by Crippen LogP contribution is -2.36. The molecule has 2 saturated heterocycles. The molecule has 134 valence electrons. The van der Waals surface area contributed by atoms with Crippen LogP contribution in [0, 0.1) is 0 Å². The van der Waals surface area contributed by atoms with Gasteiger partial charge in [0.1, 0.15) is 0 Å². The summed E-state index contributed by atoms with van der Waals surface area (Å²) < 4.78 is 13.1. The van der Waals surface area contributed by atoms with Crippen LogP contribution >= 0.6 is 0 Å². The zero-order chi connectivity index (χ0) is 18.0. The minimum absolute atomic E-state index is 0.670. The van der Waals surface area contributed by atoms with E-state index in [2.05, 4.69) is 76.6 Å². The van der Waals surface area contributed by atoms with Crippen molar-refractivity contribution in [2.75, 3.05) is 0 Å². The molecule has 0 saturated carbocycles. The first-order valence-electron chi connectivity index (χ1n) is 9.32. The van der Waals surface area contributed by atoms with Crippen molar-refractivity contribution in [1.29, 1.82) is 0 Å². The first kappa shape index (κ1) is 18.8. The average molecular weight is 395 g/mol. The van der Waals surface area contributed by atoms with Crippen LogP contribution in [0.25, 0.3) is 0 Å². The molecule has 1 aromatic rings. The van der Waals surface area contributed by atoms with Crippen molar-refractivity contribution < 1.29 is 8.23 Å². The van der Waals surface area contributed by atoms with Gasteiger partial charge in [0, 0.05) is 11.1 Å². The molecule has 0 radical (unpaired) electrons. The lowest BCUT2D eigenvalue weighted by molar-refractivity contribution is 0.569. The molecule has 0 N–H and O–H groups in total. The van der Waals surface area contributed by atoms with Crippen molar-refractivity contribution in [2.45, 2.75) is 75.5 Å². The molecule has 3 rings (SSSR count). The Balaban J connectivity index is 1.85. The standard InChI is InChI=1S/C18H34O2Si4/c1-21(2)13-17(23(5,6)19-21)15-9-11-16(12-10-15)18-14-22(3,4)20-24(18,7)8/h9-12,17-18H,13-14H2,1-8H3. The monoisotopic (exact) mass is 394 g/mol. The molecule has 0 aliphatic carbocycles. The zero-order valence-electron chi connectivity index (χ0n) is 16.7. The Morgan fingerprint density at radius 1 is 0.625 bits per heavy atom. The molecule has 2 nitrogen and oxygen atoms in total. The van der Waals surface area contributed by atoms with E-state index in [0.29, 0.717) is 11.1 Å². The summed E-state index contributed by atoms with van der Waals surface area (Å²) in [5, 5.41) is 0. The number of rotatable bonds is 2. The summed E-state index contributed by atoms with van der Waals surface area (Å²) in [6.07, 6.45) is 0. The van der Waals surface area contributed by atoms with Gasteiger partial charge in [-0.3, -0.25) is 0 Å². The van der Waals surface area contributed by atoms with E-state index in [4.69, 9.17) is 8.23 Å². The Labute approximate surface area is 152 Å². The number of benzene rings is 1. The molecule has 24 heavy (non-hydrogen) atoms. The maximum Gasteiger partial charge on any atom is 0.180 e. The molecule has 2 unspecified atom stereocenters. The van der Waals surface area contributed by atoms with Gasteiger partial charge in [0.25, 0.3) is 0 Å². The van der Waals surface area contributed by atoms with Gasteiger partial charge in [-0.25, -0.2) is 0 Å². The highest BCUT2D eigenvalue weighted by Crippen LogP contribution is 2.46. The second kappa shape index (κ2) is 5.75. The molecular weight excluding hydrogens is 361 g/mol. The largest absolute Gasteiger partial charge is 0.455 e. The Morgan fingerprint density at radius 2 is 0.917 bits per heavy atom. The minimum Gasteiger partial charge on any atom is -0.455 e. The molecule has 0 aromatic heterocycles. The zero-order valence-corrected chi connectivity index (χ0v) is 20.7. The summed E-state index contributed by atoms with van der Waals surface area (Å²) in [6.45, 7) is 19.1. The molecular formula is C18H34O2Si4. The number of hydrogen-bond acceptors (Lipinski definition) is 2. The van der Waals surface area contributed by atoms with E-state index in [0.717, 1.165) is 0 Å². The molecule has 0 bridgehead atoms. The summed E-state index contributed by atoms with van der Waals surface area (Å²) in [5.41, 5.74) is 4.38. The van der Waals surface area contributed by atoms with Crippen molar-refractivity contribution in [2.24, 2.45) is 0 Å². The fourth-order valence-corrected chi connectivity index (χ4v) is 29.6. The topological polar surface area (TPSA) is 18.5 Å². The highest BCUT2D eigenvalue weighted by atomic mass is 28.4. The minimum atomic E-state index is -1.59. The van der Waals surface area contributed by atoms with Gasteiger partial charge >= 0.3 is 0 Å². The van der Waals surface area contributed by atoms with Crippen LogP contribution in [0.4, 0.5) is 0 Å². The van der Waals surface area contributed by atoms with Crippen LogP contribution in [-0.4, -0.2) is 33.3 Å². The second-order valence-electron chi connectivity index (χ2n) is 10.1. The first-order chi connectivity index (χ1) is 10.8. The van der Waals surface area contributed by atoms with Crippen molar-refractivity contribution >= 4 is 33.3 Å². The van der Waals surface area contributed by atoms with Crippen LogP contribution in [0.15, 0.2) is 24.3 Å². The fraction of sp³-hybridized carbons (Fsp3) is 0.667. The van der Waals surface area contributed by atoms with E-state index >= 15 is 0 Å². The first-order valence-corrected chi connectivity index (χ1v) is 21.5. The Morgan fingerprint density at radius 3 is 1.12 bits per heavy atom. The summed E-state index contributed by atoms with van der Waals surface area (Å²) in [4.78, 5) is 0. The van der Waals surface area contributed by atoms with Crippen LogP contribution < -0.4 is 0 Å². The van der Waals surface area contributed by atoms with Crippen molar-refractivity contribution in [3.63, 3.8) is 0 Å². The van der Waals surface area contributed by atoms with Gasteiger partial charge in [0.15, 0.2) is 33.3 Å². The van der Waals surface area contributed by atoms with E-state index in [-0.39, 0.29) is 0 Å². The third kappa shape index (κ3) is 3.59. The molecule has 2 aliphatic heterocycles. The summed E-state index contributed by atoms with van der Waals surface area (Å²) in [5.74, 6) is 0. The number of hydrogen-bond donors (Lipinski definition) is 0. The molecule has 0 spiro atoms. The van der Waals surface area contributed by atoms with Gasteiger partial charge < -0.3 is 8.23 Å². The molecule has 2 atom stereocenters. The molecule has 0 amide bonds. The molecule has 2 heterocycles. The summed E-state index contributed by atoms with van der Waals surface area (Å²) in [7, 11) is -6.08. The van der Waals surface area contributed by atoms with Gasteiger partial charge in [-0.15, -0.1) is 0 Å². The van der Waals surface area contributed by atoms with Crippen LogP contribution in [0.5, 0.6) is 0 Å². The van der Waals surface area contributed by atoms with Gasteiger partial charge in [-0.1, -0.05) is 24.3 Å². The van der Waals surface area contributed by atoms with Crippen molar-refractivity contribution in [1.82, 2.24) is 0 Å². The van der Waals surface area contributed by atoms with E-state index < -0.39 is 33.3 Å². The Bertz CT molecular complexity index is 567. The van der Waals surface area contributed by atoms with Crippen molar-refractivity contribution in [3.8, 4) is 0 Å². The van der Waals surface area contributed by atoms with Crippen molar-refractivity contribution in [3.05, 3.63) is 35.4 Å². The second-order valence-corrected chi connectivity index (χ2v) is 27.4. The lowest BCUT2D eigenvalue weighted by atomic mass is 10.1. The van der Waals surface area contributed by atoms with Crippen LogP contribution in [0.2, 0.25) is 64.5 Å². The van der Waals surface area contributed by atoms with E-state index in [1.54, 1.807) is 0 Å². The van der Waals surface area contributed by atoms with Crippen LogP contribution in [-0.2, 0) is 8.23 Å². The SMILES string of the molecule is C[Si]1(C)CC(c2ccc(C3C[Si](C)(C)O[Si]3(C)C)cc2)[Si](C)(C)O1. The highest BCUT2D eigenvalue weighted by Gasteiger charge is 2.51.